The van der Waals surface area contributed by atoms with Gasteiger partial charge in [0, 0.05) is 13.1 Å². The third-order valence-corrected chi connectivity index (χ3v) is 5.22. The summed E-state index contributed by atoms with van der Waals surface area (Å²) in [5, 5.41) is 0.250. The number of amides is 1. The van der Waals surface area contributed by atoms with E-state index in [-0.39, 0.29) is 5.25 Å². The first kappa shape index (κ1) is 13.2. The molecule has 2 unspecified atom stereocenters. The Kier molecular flexibility index (Phi) is 5.16. The molecule has 0 aromatic heterocycles. The fraction of sp³-hybridized carbons (Fsp3) is 0.923. The molecule has 2 rings (SSSR count). The molecule has 2 N–H and O–H groups in total. The van der Waals surface area contributed by atoms with E-state index in [9.17, 15) is 4.79 Å². The van der Waals surface area contributed by atoms with Gasteiger partial charge in [-0.25, -0.2) is 0 Å². The summed E-state index contributed by atoms with van der Waals surface area (Å²) in [6, 6.07) is 0. The van der Waals surface area contributed by atoms with Gasteiger partial charge >= 0.3 is 0 Å². The molecule has 0 saturated carbocycles. The van der Waals surface area contributed by atoms with Gasteiger partial charge in [-0.15, -0.1) is 11.8 Å². The topological polar surface area (TPSA) is 46.3 Å². The molecular formula is C13H24N2OS. The number of rotatable bonds is 3. The van der Waals surface area contributed by atoms with Crippen molar-refractivity contribution in [3.63, 3.8) is 0 Å². The number of piperidine rings is 1. The SMILES string of the molecule is NCCC1CCCN(C(=O)C2CCCCS2)C1. The second-order valence-electron chi connectivity index (χ2n) is 5.23. The van der Waals surface area contributed by atoms with E-state index in [1.165, 1.54) is 19.3 Å². The highest BCUT2D eigenvalue weighted by Gasteiger charge is 2.29. The molecule has 0 aromatic carbocycles. The molecule has 0 radical (unpaired) electrons. The number of carbonyl (C=O) groups excluding carboxylic acids is 1. The Labute approximate surface area is 108 Å². The minimum absolute atomic E-state index is 0.250. The number of nitrogens with two attached hydrogens (primary N) is 1. The number of carbonyl (C=O) groups is 1. The maximum absolute atomic E-state index is 12.4. The first-order valence-corrected chi connectivity index (χ1v) is 7.96. The normalized spacial score (nSPS) is 30.3. The van der Waals surface area contributed by atoms with Crippen molar-refractivity contribution >= 4 is 17.7 Å². The second-order valence-corrected chi connectivity index (χ2v) is 6.54. The van der Waals surface area contributed by atoms with Crippen LogP contribution in [-0.2, 0) is 4.79 Å². The highest BCUT2D eigenvalue weighted by Crippen LogP contribution is 2.28. The Bertz CT molecular complexity index is 252. The van der Waals surface area contributed by atoms with E-state index in [2.05, 4.69) is 4.90 Å². The van der Waals surface area contributed by atoms with Crippen molar-refractivity contribution in [2.45, 2.75) is 43.8 Å². The van der Waals surface area contributed by atoms with Crippen LogP contribution in [-0.4, -0.2) is 41.4 Å². The van der Waals surface area contributed by atoms with Gasteiger partial charge in [0.05, 0.1) is 5.25 Å². The van der Waals surface area contributed by atoms with Gasteiger partial charge < -0.3 is 10.6 Å². The van der Waals surface area contributed by atoms with Crippen LogP contribution in [0.25, 0.3) is 0 Å². The van der Waals surface area contributed by atoms with E-state index < -0.39 is 0 Å². The molecule has 3 nitrogen and oxygen atoms in total. The maximum atomic E-state index is 12.4. The summed E-state index contributed by atoms with van der Waals surface area (Å²) in [6.45, 7) is 2.68. The predicted octanol–water partition coefficient (Wildman–Crippen LogP) is 1.86. The number of likely N-dealkylation sites (tertiary alicyclic amines) is 1. The first-order chi connectivity index (χ1) is 8.31. The lowest BCUT2D eigenvalue weighted by atomic mass is 9.94. The van der Waals surface area contributed by atoms with Gasteiger partial charge in [-0.3, -0.25) is 4.79 Å². The Morgan fingerprint density at radius 2 is 2.18 bits per heavy atom. The quantitative estimate of drug-likeness (QED) is 0.838. The maximum Gasteiger partial charge on any atom is 0.235 e. The van der Waals surface area contributed by atoms with Crippen LogP contribution in [0.5, 0.6) is 0 Å². The number of hydrogen-bond donors (Lipinski definition) is 1. The minimum atomic E-state index is 0.250. The summed E-state index contributed by atoms with van der Waals surface area (Å²) in [5.41, 5.74) is 5.62. The molecule has 98 valence electrons. The van der Waals surface area contributed by atoms with Crippen molar-refractivity contribution in [2.24, 2.45) is 11.7 Å². The summed E-state index contributed by atoms with van der Waals surface area (Å²) in [7, 11) is 0. The summed E-state index contributed by atoms with van der Waals surface area (Å²) in [4.78, 5) is 14.5. The van der Waals surface area contributed by atoms with Crippen LogP contribution in [0.2, 0.25) is 0 Å². The lowest BCUT2D eigenvalue weighted by Crippen LogP contribution is -2.45. The standard InChI is InChI=1S/C13H24N2OS/c14-7-6-11-4-3-8-15(10-11)13(16)12-5-1-2-9-17-12/h11-12H,1-10,14H2. The zero-order valence-corrected chi connectivity index (χ0v) is 11.4. The average Bonchev–Trinajstić information content (AvgIpc) is 2.40. The number of hydrogen-bond acceptors (Lipinski definition) is 3. The average molecular weight is 256 g/mol. The predicted molar refractivity (Wildman–Crippen MR) is 73.1 cm³/mol. The Balaban J connectivity index is 1.85. The number of thioether (sulfide) groups is 1. The van der Waals surface area contributed by atoms with Crippen LogP contribution in [0.1, 0.15) is 38.5 Å². The summed E-state index contributed by atoms with van der Waals surface area (Å²) >= 11 is 1.86. The molecule has 2 saturated heterocycles. The van der Waals surface area contributed by atoms with E-state index in [1.54, 1.807) is 0 Å². The van der Waals surface area contributed by atoms with E-state index in [0.717, 1.165) is 44.6 Å². The van der Waals surface area contributed by atoms with Crippen molar-refractivity contribution in [2.75, 3.05) is 25.4 Å². The molecule has 2 heterocycles. The van der Waals surface area contributed by atoms with Crippen LogP contribution in [0.15, 0.2) is 0 Å². The van der Waals surface area contributed by atoms with Crippen molar-refractivity contribution in [1.29, 1.82) is 0 Å². The highest BCUT2D eigenvalue weighted by atomic mass is 32.2. The molecule has 0 spiro atoms. The molecule has 0 aromatic rings. The first-order valence-electron chi connectivity index (χ1n) is 6.91. The van der Waals surface area contributed by atoms with Crippen LogP contribution in [0.3, 0.4) is 0 Å². The molecule has 1 amide bonds. The Morgan fingerprint density at radius 3 is 2.88 bits per heavy atom. The van der Waals surface area contributed by atoms with Crippen LogP contribution >= 0.6 is 11.8 Å². The number of nitrogens with zero attached hydrogens (tertiary/aromatic N) is 1. The summed E-state index contributed by atoms with van der Waals surface area (Å²) in [5.74, 6) is 2.21. The van der Waals surface area contributed by atoms with Crippen molar-refractivity contribution < 1.29 is 4.79 Å². The third kappa shape index (κ3) is 3.62. The van der Waals surface area contributed by atoms with Gasteiger partial charge in [0.15, 0.2) is 0 Å². The second kappa shape index (κ2) is 6.64. The van der Waals surface area contributed by atoms with Gasteiger partial charge in [0.25, 0.3) is 0 Å². The van der Waals surface area contributed by atoms with Gasteiger partial charge in [0.2, 0.25) is 5.91 Å². The van der Waals surface area contributed by atoms with Gasteiger partial charge in [-0.1, -0.05) is 6.42 Å². The molecule has 17 heavy (non-hydrogen) atoms. The molecule has 4 heteroatoms. The van der Waals surface area contributed by atoms with Crippen molar-refractivity contribution in [3.8, 4) is 0 Å². The van der Waals surface area contributed by atoms with Gasteiger partial charge in [-0.2, -0.15) is 0 Å². The molecular weight excluding hydrogens is 232 g/mol. The lowest BCUT2D eigenvalue weighted by molar-refractivity contribution is -0.132. The molecule has 0 aliphatic carbocycles. The molecule has 2 atom stereocenters. The highest BCUT2D eigenvalue weighted by molar-refractivity contribution is 8.00. The van der Waals surface area contributed by atoms with E-state index in [4.69, 9.17) is 5.73 Å². The fourth-order valence-electron chi connectivity index (χ4n) is 2.88. The van der Waals surface area contributed by atoms with Crippen molar-refractivity contribution in [1.82, 2.24) is 4.90 Å². The largest absolute Gasteiger partial charge is 0.341 e. The van der Waals surface area contributed by atoms with E-state index >= 15 is 0 Å². The van der Waals surface area contributed by atoms with Crippen LogP contribution < -0.4 is 5.73 Å². The van der Waals surface area contributed by atoms with E-state index in [0.29, 0.717) is 11.8 Å². The van der Waals surface area contributed by atoms with E-state index in [1.807, 2.05) is 11.8 Å². The van der Waals surface area contributed by atoms with Crippen LogP contribution in [0, 0.1) is 5.92 Å². The zero-order chi connectivity index (χ0) is 12.1. The third-order valence-electron chi connectivity index (χ3n) is 3.86. The Morgan fingerprint density at radius 1 is 1.29 bits per heavy atom. The van der Waals surface area contributed by atoms with Crippen molar-refractivity contribution in [3.05, 3.63) is 0 Å². The van der Waals surface area contributed by atoms with Crippen LogP contribution in [0.4, 0.5) is 0 Å². The van der Waals surface area contributed by atoms with Gasteiger partial charge in [0.1, 0.15) is 0 Å². The summed E-state index contributed by atoms with van der Waals surface area (Å²) < 4.78 is 0. The molecule has 2 fully saturated rings. The Hall–Kier alpha value is -0.220. The molecule has 0 bridgehead atoms. The summed E-state index contributed by atoms with van der Waals surface area (Å²) in [6.07, 6.45) is 7.07. The fourth-order valence-corrected chi connectivity index (χ4v) is 4.16. The molecule has 2 aliphatic heterocycles. The smallest absolute Gasteiger partial charge is 0.235 e. The van der Waals surface area contributed by atoms with Gasteiger partial charge in [-0.05, 0) is 50.3 Å². The minimum Gasteiger partial charge on any atom is -0.341 e. The monoisotopic (exact) mass is 256 g/mol. The molecule has 2 aliphatic rings. The zero-order valence-electron chi connectivity index (χ0n) is 10.6. The lowest BCUT2D eigenvalue weighted by Gasteiger charge is -2.35.